The highest BCUT2D eigenvalue weighted by Crippen LogP contribution is 2.16. The fourth-order valence-corrected chi connectivity index (χ4v) is 1.44. The summed E-state index contributed by atoms with van der Waals surface area (Å²) in [6, 6.07) is 3.94. The Bertz CT molecular complexity index is 316. The van der Waals surface area contributed by atoms with Crippen LogP contribution in [0.15, 0.2) is 18.2 Å². The zero-order valence-corrected chi connectivity index (χ0v) is 7.53. The van der Waals surface area contributed by atoms with E-state index in [1.54, 1.807) is 0 Å². The second-order valence-corrected chi connectivity index (χ2v) is 3.55. The summed E-state index contributed by atoms with van der Waals surface area (Å²) < 4.78 is 31.4. The van der Waals surface area contributed by atoms with Crippen molar-refractivity contribution in [2.75, 3.05) is 0 Å². The molecule has 1 N–H and O–H groups in total. The van der Waals surface area contributed by atoms with Crippen molar-refractivity contribution in [3.8, 4) is 0 Å². The molecule has 0 bridgehead atoms. The summed E-state index contributed by atoms with van der Waals surface area (Å²) >= 11 is 3.53. The Balaban J connectivity index is 2.89. The molecule has 0 amide bonds. The average Bonchev–Trinajstić information content (AvgIpc) is 1.96. The molecular weight excluding hydrogens is 203 g/mol. The van der Waals surface area contributed by atoms with Crippen molar-refractivity contribution in [2.45, 2.75) is 5.75 Å². The van der Waals surface area contributed by atoms with Gasteiger partial charge in [0.2, 0.25) is 0 Å². The van der Waals surface area contributed by atoms with Crippen LogP contribution < -0.4 is 0 Å². The monoisotopic (exact) mass is 208 g/mol. The molecule has 1 aromatic rings. The highest BCUT2D eigenvalue weighted by atomic mass is 35.5. The quantitative estimate of drug-likeness (QED) is 0.757. The number of hydrogen-bond donors (Lipinski definition) is 1. The number of rotatable bonds is 2. The molecule has 12 heavy (non-hydrogen) atoms. The summed E-state index contributed by atoms with van der Waals surface area (Å²) in [7, 11) is 0. The maximum atomic E-state index is 12.6. The molecule has 0 heterocycles. The molecule has 1 atom stereocenters. The van der Waals surface area contributed by atoms with Gasteiger partial charge in [0.05, 0.1) is 10.8 Å². The van der Waals surface area contributed by atoms with Crippen molar-refractivity contribution in [1.29, 1.82) is 0 Å². The van der Waals surface area contributed by atoms with Crippen LogP contribution in [-0.2, 0) is 16.8 Å². The molecule has 1 aromatic carbocycles. The van der Waals surface area contributed by atoms with Crippen LogP contribution in [-0.4, -0.2) is 8.76 Å². The van der Waals surface area contributed by atoms with Gasteiger partial charge in [-0.25, -0.2) is 8.60 Å². The first-order chi connectivity index (χ1) is 5.59. The first-order valence-corrected chi connectivity index (χ1v) is 4.76. The van der Waals surface area contributed by atoms with Gasteiger partial charge in [-0.3, -0.25) is 0 Å². The van der Waals surface area contributed by atoms with Crippen LogP contribution in [0.2, 0.25) is 5.02 Å². The summed E-state index contributed by atoms with van der Waals surface area (Å²) in [5.41, 5.74) is 0.544. The molecule has 2 nitrogen and oxygen atoms in total. The van der Waals surface area contributed by atoms with Crippen molar-refractivity contribution < 1.29 is 13.2 Å². The van der Waals surface area contributed by atoms with Crippen LogP contribution >= 0.6 is 11.6 Å². The van der Waals surface area contributed by atoms with Crippen molar-refractivity contribution in [1.82, 2.24) is 0 Å². The molecule has 0 aliphatic heterocycles. The summed E-state index contributed by atoms with van der Waals surface area (Å²) in [4.78, 5) is 0. The van der Waals surface area contributed by atoms with Gasteiger partial charge in [-0.1, -0.05) is 17.7 Å². The largest absolute Gasteiger partial charge is 0.306 e. The van der Waals surface area contributed by atoms with Gasteiger partial charge in [0.15, 0.2) is 11.1 Å². The van der Waals surface area contributed by atoms with Crippen LogP contribution in [0.5, 0.6) is 0 Å². The normalized spacial score (nSPS) is 12.9. The van der Waals surface area contributed by atoms with Gasteiger partial charge in [0, 0.05) is 0 Å². The molecule has 0 aliphatic carbocycles. The maximum absolute atomic E-state index is 12.6. The summed E-state index contributed by atoms with van der Waals surface area (Å²) in [5.74, 6) is -0.552. The van der Waals surface area contributed by atoms with E-state index in [4.69, 9.17) is 16.2 Å². The Kier molecular flexibility index (Phi) is 3.20. The molecule has 0 saturated carbocycles. The molecule has 0 fully saturated rings. The lowest BCUT2D eigenvalue weighted by Gasteiger charge is -1.98. The van der Waals surface area contributed by atoms with Gasteiger partial charge in [0.1, 0.15) is 5.82 Å². The maximum Gasteiger partial charge on any atom is 0.157 e. The Morgan fingerprint density at radius 2 is 2.25 bits per heavy atom. The predicted molar refractivity (Wildman–Crippen MR) is 45.9 cm³/mol. The van der Waals surface area contributed by atoms with Crippen molar-refractivity contribution >= 4 is 22.7 Å². The third-order valence-electron chi connectivity index (χ3n) is 1.27. The van der Waals surface area contributed by atoms with Gasteiger partial charge in [-0.05, 0) is 17.7 Å². The third kappa shape index (κ3) is 2.55. The fourth-order valence-electron chi connectivity index (χ4n) is 0.772. The number of benzene rings is 1. The standard InChI is InChI=1S/C7H6ClFO2S/c8-6-3-5(4-12(10)11)1-2-7(6)9/h1-3H,4H2,(H,10,11). The first kappa shape index (κ1) is 9.64. The molecule has 5 heteroatoms. The van der Waals surface area contributed by atoms with E-state index < -0.39 is 16.9 Å². The van der Waals surface area contributed by atoms with Crippen molar-refractivity contribution in [2.24, 2.45) is 0 Å². The minimum absolute atomic E-state index is 0.0278. The van der Waals surface area contributed by atoms with E-state index in [1.807, 2.05) is 0 Å². The lowest BCUT2D eigenvalue weighted by Crippen LogP contribution is -1.93. The fraction of sp³-hybridized carbons (Fsp3) is 0.143. The molecule has 0 radical (unpaired) electrons. The molecule has 0 saturated heterocycles. The summed E-state index contributed by atoms with van der Waals surface area (Å²) in [6.07, 6.45) is 0. The summed E-state index contributed by atoms with van der Waals surface area (Å²) in [5, 5.41) is -0.0297. The van der Waals surface area contributed by atoms with E-state index in [0.29, 0.717) is 5.56 Å². The number of halogens is 2. The van der Waals surface area contributed by atoms with Crippen LogP contribution in [0.25, 0.3) is 0 Å². The van der Waals surface area contributed by atoms with Gasteiger partial charge < -0.3 is 4.55 Å². The molecule has 0 aliphatic rings. The Labute approximate surface area is 76.6 Å². The molecule has 66 valence electrons. The van der Waals surface area contributed by atoms with Gasteiger partial charge in [0.25, 0.3) is 0 Å². The van der Waals surface area contributed by atoms with E-state index in [0.717, 1.165) is 0 Å². The predicted octanol–water partition coefficient (Wildman–Crippen LogP) is 2.20. The second-order valence-electron chi connectivity index (χ2n) is 2.21. The zero-order valence-electron chi connectivity index (χ0n) is 5.96. The van der Waals surface area contributed by atoms with E-state index in [-0.39, 0.29) is 10.8 Å². The lowest BCUT2D eigenvalue weighted by atomic mass is 10.2. The van der Waals surface area contributed by atoms with Crippen molar-refractivity contribution in [3.05, 3.63) is 34.6 Å². The molecular formula is C7H6ClFO2S. The second kappa shape index (κ2) is 3.98. The van der Waals surface area contributed by atoms with E-state index in [2.05, 4.69) is 0 Å². The van der Waals surface area contributed by atoms with Gasteiger partial charge in [-0.15, -0.1) is 0 Å². The molecule has 1 rings (SSSR count). The average molecular weight is 209 g/mol. The highest BCUT2D eigenvalue weighted by molar-refractivity contribution is 7.78. The minimum Gasteiger partial charge on any atom is -0.306 e. The smallest absolute Gasteiger partial charge is 0.157 e. The van der Waals surface area contributed by atoms with E-state index in [9.17, 15) is 8.60 Å². The third-order valence-corrected chi connectivity index (χ3v) is 2.14. The van der Waals surface area contributed by atoms with Gasteiger partial charge in [-0.2, -0.15) is 0 Å². The number of hydrogen-bond acceptors (Lipinski definition) is 1. The Morgan fingerprint density at radius 3 is 2.75 bits per heavy atom. The van der Waals surface area contributed by atoms with Crippen LogP contribution in [0.3, 0.4) is 0 Å². The molecule has 1 unspecified atom stereocenters. The lowest BCUT2D eigenvalue weighted by molar-refractivity contribution is 0.563. The highest BCUT2D eigenvalue weighted by Gasteiger charge is 2.02. The van der Waals surface area contributed by atoms with Crippen LogP contribution in [0.4, 0.5) is 4.39 Å². The minimum atomic E-state index is -1.91. The van der Waals surface area contributed by atoms with Gasteiger partial charge >= 0.3 is 0 Å². The zero-order chi connectivity index (χ0) is 9.14. The van der Waals surface area contributed by atoms with Crippen LogP contribution in [0.1, 0.15) is 5.56 Å². The Hall–Kier alpha value is -0.450. The Morgan fingerprint density at radius 1 is 1.58 bits per heavy atom. The summed E-state index contributed by atoms with van der Waals surface area (Å²) in [6.45, 7) is 0. The van der Waals surface area contributed by atoms with Crippen molar-refractivity contribution in [3.63, 3.8) is 0 Å². The first-order valence-electron chi connectivity index (χ1n) is 3.11. The van der Waals surface area contributed by atoms with E-state index in [1.165, 1.54) is 18.2 Å². The molecule has 0 aromatic heterocycles. The van der Waals surface area contributed by atoms with E-state index >= 15 is 0 Å². The topological polar surface area (TPSA) is 37.3 Å². The molecule has 0 spiro atoms. The SMILES string of the molecule is O=S(O)Cc1ccc(F)c(Cl)c1. The van der Waals surface area contributed by atoms with Crippen LogP contribution in [0, 0.1) is 5.82 Å².